The summed E-state index contributed by atoms with van der Waals surface area (Å²) >= 11 is 0. The predicted octanol–water partition coefficient (Wildman–Crippen LogP) is 4.86. The lowest BCUT2D eigenvalue weighted by atomic mass is 10.1. The minimum Gasteiger partial charge on any atom is -0.457 e. The van der Waals surface area contributed by atoms with Gasteiger partial charge in [-0.1, -0.05) is 38.1 Å². The van der Waals surface area contributed by atoms with Gasteiger partial charge in [0.05, 0.1) is 12.0 Å². The van der Waals surface area contributed by atoms with Gasteiger partial charge in [-0.2, -0.15) is 0 Å². The van der Waals surface area contributed by atoms with Gasteiger partial charge in [0.15, 0.2) is 0 Å². The van der Waals surface area contributed by atoms with E-state index in [1.54, 1.807) is 0 Å². The molecule has 3 rings (SSSR count). The molecule has 2 aromatic carbocycles. The Labute approximate surface area is 131 Å². The highest BCUT2D eigenvalue weighted by atomic mass is 16.5. The number of ether oxygens (including phenoxy) is 1. The molecule has 0 aliphatic carbocycles. The molecule has 1 aromatic heterocycles. The van der Waals surface area contributed by atoms with Crippen LogP contribution in [0.1, 0.15) is 19.5 Å². The SMILES string of the molecule is CC(C)Cc1cncn1-c1cccc(Oc2ccccc2)c1. The second kappa shape index (κ2) is 6.48. The topological polar surface area (TPSA) is 27.1 Å². The molecular weight excluding hydrogens is 272 g/mol. The highest BCUT2D eigenvalue weighted by Crippen LogP contribution is 2.24. The number of hydrogen-bond acceptors (Lipinski definition) is 2. The number of para-hydroxylation sites is 1. The van der Waals surface area contributed by atoms with E-state index < -0.39 is 0 Å². The van der Waals surface area contributed by atoms with Crippen molar-refractivity contribution in [1.29, 1.82) is 0 Å². The summed E-state index contributed by atoms with van der Waals surface area (Å²) in [5, 5.41) is 0. The Kier molecular flexibility index (Phi) is 4.24. The fourth-order valence-electron chi connectivity index (χ4n) is 2.45. The summed E-state index contributed by atoms with van der Waals surface area (Å²) in [7, 11) is 0. The predicted molar refractivity (Wildman–Crippen MR) is 88.6 cm³/mol. The normalized spacial score (nSPS) is 10.9. The Hall–Kier alpha value is -2.55. The molecule has 112 valence electrons. The Morgan fingerprint density at radius 1 is 1.00 bits per heavy atom. The van der Waals surface area contributed by atoms with Crippen LogP contribution in [0.4, 0.5) is 0 Å². The fraction of sp³-hybridized carbons (Fsp3) is 0.211. The van der Waals surface area contributed by atoms with Crippen LogP contribution in [0.25, 0.3) is 5.69 Å². The van der Waals surface area contributed by atoms with Crippen molar-refractivity contribution in [2.45, 2.75) is 20.3 Å². The summed E-state index contributed by atoms with van der Waals surface area (Å²) in [6.07, 6.45) is 4.80. The molecule has 0 bridgehead atoms. The third kappa shape index (κ3) is 3.37. The maximum absolute atomic E-state index is 5.90. The molecule has 0 spiro atoms. The van der Waals surface area contributed by atoms with E-state index in [1.165, 1.54) is 5.69 Å². The van der Waals surface area contributed by atoms with E-state index in [1.807, 2.05) is 61.1 Å². The van der Waals surface area contributed by atoms with Crippen molar-refractivity contribution >= 4 is 0 Å². The van der Waals surface area contributed by atoms with E-state index in [9.17, 15) is 0 Å². The standard InChI is InChI=1S/C19H20N2O/c1-15(2)11-17-13-20-14-21(17)16-7-6-10-19(12-16)22-18-8-4-3-5-9-18/h3-10,12-15H,11H2,1-2H3. The third-order valence-electron chi connectivity index (χ3n) is 3.41. The van der Waals surface area contributed by atoms with E-state index >= 15 is 0 Å². The van der Waals surface area contributed by atoms with Crippen LogP contribution in [0.15, 0.2) is 67.1 Å². The van der Waals surface area contributed by atoms with Crippen LogP contribution in [0.2, 0.25) is 0 Å². The molecule has 3 aromatic rings. The molecule has 1 heterocycles. The maximum atomic E-state index is 5.90. The van der Waals surface area contributed by atoms with Gasteiger partial charge in [0.2, 0.25) is 0 Å². The summed E-state index contributed by atoms with van der Waals surface area (Å²) in [6.45, 7) is 4.43. The number of imidazole rings is 1. The molecule has 0 saturated heterocycles. The van der Waals surface area contributed by atoms with Crippen molar-refractivity contribution in [3.8, 4) is 17.2 Å². The molecule has 0 N–H and O–H groups in total. The number of nitrogens with zero attached hydrogens (tertiary/aromatic N) is 2. The lowest BCUT2D eigenvalue weighted by molar-refractivity contribution is 0.482. The van der Waals surface area contributed by atoms with Gasteiger partial charge in [0.1, 0.15) is 11.5 Å². The summed E-state index contributed by atoms with van der Waals surface area (Å²) in [5.74, 6) is 2.26. The van der Waals surface area contributed by atoms with Crippen molar-refractivity contribution in [3.05, 3.63) is 72.8 Å². The minimum atomic E-state index is 0.596. The quantitative estimate of drug-likeness (QED) is 0.671. The number of rotatable bonds is 5. The van der Waals surface area contributed by atoms with E-state index in [2.05, 4.69) is 29.5 Å². The van der Waals surface area contributed by atoms with Gasteiger partial charge in [0.25, 0.3) is 0 Å². The molecule has 0 fully saturated rings. The summed E-state index contributed by atoms with van der Waals surface area (Å²) in [4.78, 5) is 4.29. The molecule has 3 heteroatoms. The van der Waals surface area contributed by atoms with Crippen LogP contribution in [-0.4, -0.2) is 9.55 Å². The first-order valence-electron chi connectivity index (χ1n) is 7.57. The van der Waals surface area contributed by atoms with Gasteiger partial charge in [-0.15, -0.1) is 0 Å². The smallest absolute Gasteiger partial charge is 0.129 e. The molecule has 0 atom stereocenters. The summed E-state index contributed by atoms with van der Waals surface area (Å²) in [5.41, 5.74) is 2.29. The molecule has 0 saturated carbocycles. The van der Waals surface area contributed by atoms with Crippen molar-refractivity contribution in [2.75, 3.05) is 0 Å². The lowest BCUT2D eigenvalue weighted by Crippen LogP contribution is -2.02. The molecule has 3 nitrogen and oxygen atoms in total. The molecule has 0 radical (unpaired) electrons. The zero-order chi connectivity index (χ0) is 15.4. The fourth-order valence-corrected chi connectivity index (χ4v) is 2.45. The minimum absolute atomic E-state index is 0.596. The van der Waals surface area contributed by atoms with Gasteiger partial charge < -0.3 is 9.30 Å². The Balaban J connectivity index is 1.87. The average molecular weight is 292 g/mol. The molecule has 0 unspecified atom stereocenters. The van der Waals surface area contributed by atoms with Crippen LogP contribution in [0, 0.1) is 5.92 Å². The monoisotopic (exact) mass is 292 g/mol. The highest BCUT2D eigenvalue weighted by Gasteiger charge is 2.07. The maximum Gasteiger partial charge on any atom is 0.129 e. The second-order valence-electron chi connectivity index (χ2n) is 5.77. The van der Waals surface area contributed by atoms with Crippen LogP contribution < -0.4 is 4.74 Å². The van der Waals surface area contributed by atoms with Crippen LogP contribution in [-0.2, 0) is 6.42 Å². The molecule has 0 amide bonds. The Bertz CT molecular complexity index is 732. The van der Waals surface area contributed by atoms with Gasteiger partial charge in [-0.25, -0.2) is 4.98 Å². The van der Waals surface area contributed by atoms with E-state index in [4.69, 9.17) is 4.74 Å². The van der Waals surface area contributed by atoms with E-state index in [0.717, 1.165) is 23.6 Å². The van der Waals surface area contributed by atoms with E-state index in [-0.39, 0.29) is 0 Å². The van der Waals surface area contributed by atoms with Crippen molar-refractivity contribution in [1.82, 2.24) is 9.55 Å². The Morgan fingerprint density at radius 3 is 2.55 bits per heavy atom. The Morgan fingerprint density at radius 2 is 1.77 bits per heavy atom. The van der Waals surface area contributed by atoms with Gasteiger partial charge in [0, 0.05) is 18.0 Å². The van der Waals surface area contributed by atoms with Gasteiger partial charge in [-0.05, 0) is 36.6 Å². The zero-order valence-electron chi connectivity index (χ0n) is 12.9. The highest BCUT2D eigenvalue weighted by molar-refractivity contribution is 5.42. The third-order valence-corrected chi connectivity index (χ3v) is 3.41. The molecule has 22 heavy (non-hydrogen) atoms. The summed E-state index contributed by atoms with van der Waals surface area (Å²) in [6, 6.07) is 17.9. The zero-order valence-corrected chi connectivity index (χ0v) is 12.9. The van der Waals surface area contributed by atoms with Crippen LogP contribution in [0.5, 0.6) is 11.5 Å². The average Bonchev–Trinajstić information content (AvgIpc) is 2.96. The number of hydrogen-bond donors (Lipinski definition) is 0. The molecule has 0 aliphatic heterocycles. The molecule has 0 aliphatic rings. The van der Waals surface area contributed by atoms with Crippen LogP contribution >= 0.6 is 0 Å². The second-order valence-corrected chi connectivity index (χ2v) is 5.77. The number of benzene rings is 2. The van der Waals surface area contributed by atoms with E-state index in [0.29, 0.717) is 5.92 Å². The lowest BCUT2D eigenvalue weighted by Gasteiger charge is -2.12. The first-order valence-corrected chi connectivity index (χ1v) is 7.57. The van der Waals surface area contributed by atoms with Crippen LogP contribution in [0.3, 0.4) is 0 Å². The van der Waals surface area contributed by atoms with Gasteiger partial charge >= 0.3 is 0 Å². The summed E-state index contributed by atoms with van der Waals surface area (Å²) < 4.78 is 8.03. The first-order chi connectivity index (χ1) is 10.7. The van der Waals surface area contributed by atoms with Crippen molar-refractivity contribution < 1.29 is 4.74 Å². The molecular formula is C19H20N2O. The van der Waals surface area contributed by atoms with Crippen molar-refractivity contribution in [3.63, 3.8) is 0 Å². The first kappa shape index (κ1) is 14.4. The number of aromatic nitrogens is 2. The van der Waals surface area contributed by atoms with Gasteiger partial charge in [-0.3, -0.25) is 0 Å². The van der Waals surface area contributed by atoms with Crippen molar-refractivity contribution in [2.24, 2.45) is 5.92 Å². The largest absolute Gasteiger partial charge is 0.457 e.